The summed E-state index contributed by atoms with van der Waals surface area (Å²) in [5, 5.41) is 14.8. The molecule has 0 saturated carbocycles. The van der Waals surface area contributed by atoms with Crippen molar-refractivity contribution >= 4 is 12.0 Å². The summed E-state index contributed by atoms with van der Waals surface area (Å²) in [5.41, 5.74) is 1.54. The van der Waals surface area contributed by atoms with Crippen LogP contribution >= 0.6 is 0 Å². The van der Waals surface area contributed by atoms with Crippen LogP contribution in [0.4, 0.5) is 0 Å². The molecule has 0 aliphatic rings. The van der Waals surface area contributed by atoms with Crippen LogP contribution in [0, 0.1) is 6.92 Å². The Bertz CT molecular complexity index is 288. The second kappa shape index (κ2) is 3.01. The fourth-order valence-electron chi connectivity index (χ4n) is 0.681. The fraction of sp³-hybridized carbons (Fsp3) is 0.143. The Labute approximate surface area is 63.6 Å². The van der Waals surface area contributed by atoms with Crippen LogP contribution in [0.2, 0.25) is 0 Å². The van der Waals surface area contributed by atoms with E-state index in [-0.39, 0.29) is 0 Å². The molecule has 1 aromatic heterocycles. The average molecular weight is 152 g/mol. The highest BCUT2D eigenvalue weighted by atomic mass is 16.4. The van der Waals surface area contributed by atoms with Crippen molar-refractivity contribution in [2.45, 2.75) is 6.92 Å². The number of carboxylic acids is 1. The first-order chi connectivity index (χ1) is 5.18. The maximum atomic E-state index is 10.1. The molecule has 0 unspecified atom stereocenters. The molecule has 0 atom stereocenters. The minimum Gasteiger partial charge on any atom is -0.478 e. The standard InChI is InChI=1S/C7H8N2O2/c1-5-4-6(9-8-5)2-3-7(10)11/h2-4H,1H3,(H,8,9)(H,10,11). The van der Waals surface area contributed by atoms with Gasteiger partial charge in [-0.3, -0.25) is 5.10 Å². The van der Waals surface area contributed by atoms with Gasteiger partial charge in [0.05, 0.1) is 5.69 Å². The molecule has 0 aromatic carbocycles. The number of aromatic nitrogens is 2. The summed E-state index contributed by atoms with van der Waals surface area (Å²) in [4.78, 5) is 10.1. The Hall–Kier alpha value is -1.58. The summed E-state index contributed by atoms with van der Waals surface area (Å²) in [7, 11) is 0. The van der Waals surface area contributed by atoms with Gasteiger partial charge >= 0.3 is 5.97 Å². The lowest BCUT2D eigenvalue weighted by molar-refractivity contribution is -0.131. The smallest absolute Gasteiger partial charge is 0.328 e. The Morgan fingerprint density at radius 2 is 2.55 bits per heavy atom. The summed E-state index contributed by atoms with van der Waals surface area (Å²) in [5.74, 6) is -0.967. The lowest BCUT2D eigenvalue weighted by Crippen LogP contribution is -1.85. The highest BCUT2D eigenvalue weighted by Crippen LogP contribution is 1.99. The molecular weight excluding hydrogens is 144 g/mol. The first-order valence-corrected chi connectivity index (χ1v) is 3.11. The molecule has 1 rings (SSSR count). The summed E-state index contributed by atoms with van der Waals surface area (Å²) in [6.45, 7) is 1.85. The van der Waals surface area contributed by atoms with Crippen LogP contribution in [0.5, 0.6) is 0 Å². The second-order valence-electron chi connectivity index (χ2n) is 2.15. The van der Waals surface area contributed by atoms with E-state index in [9.17, 15) is 4.79 Å². The van der Waals surface area contributed by atoms with E-state index in [0.717, 1.165) is 11.8 Å². The predicted octanol–water partition coefficient (Wildman–Crippen LogP) is 0.816. The third kappa shape index (κ3) is 2.25. The summed E-state index contributed by atoms with van der Waals surface area (Å²) < 4.78 is 0. The maximum absolute atomic E-state index is 10.1. The fourth-order valence-corrected chi connectivity index (χ4v) is 0.681. The van der Waals surface area contributed by atoms with Gasteiger partial charge in [0.2, 0.25) is 0 Å². The normalized spacial score (nSPS) is 10.6. The molecule has 58 valence electrons. The van der Waals surface area contributed by atoms with Crippen LogP contribution in [0.15, 0.2) is 12.1 Å². The minimum atomic E-state index is -0.967. The van der Waals surface area contributed by atoms with Crippen LogP contribution in [-0.4, -0.2) is 21.3 Å². The van der Waals surface area contributed by atoms with Gasteiger partial charge in [-0.05, 0) is 19.1 Å². The van der Waals surface area contributed by atoms with E-state index in [1.165, 1.54) is 6.08 Å². The predicted molar refractivity (Wildman–Crippen MR) is 40.0 cm³/mol. The van der Waals surface area contributed by atoms with Crippen molar-refractivity contribution in [1.29, 1.82) is 0 Å². The van der Waals surface area contributed by atoms with E-state index >= 15 is 0 Å². The third-order valence-corrected chi connectivity index (χ3v) is 1.12. The zero-order valence-corrected chi connectivity index (χ0v) is 6.03. The van der Waals surface area contributed by atoms with Gasteiger partial charge < -0.3 is 5.11 Å². The van der Waals surface area contributed by atoms with E-state index < -0.39 is 5.97 Å². The van der Waals surface area contributed by atoms with Crippen molar-refractivity contribution in [1.82, 2.24) is 10.2 Å². The molecule has 0 spiro atoms. The number of aliphatic carboxylic acids is 1. The first kappa shape index (κ1) is 7.53. The molecule has 0 aliphatic carbocycles. The number of H-pyrrole nitrogens is 1. The van der Waals surface area contributed by atoms with E-state index in [2.05, 4.69) is 10.2 Å². The van der Waals surface area contributed by atoms with Gasteiger partial charge in [-0.15, -0.1) is 0 Å². The number of hydrogen-bond acceptors (Lipinski definition) is 2. The van der Waals surface area contributed by atoms with Gasteiger partial charge in [-0.25, -0.2) is 4.79 Å². The number of aromatic amines is 1. The van der Waals surface area contributed by atoms with E-state index in [0.29, 0.717) is 5.69 Å². The third-order valence-electron chi connectivity index (χ3n) is 1.12. The number of carboxylic acid groups (broad SMARTS) is 1. The quantitative estimate of drug-likeness (QED) is 0.616. The monoisotopic (exact) mass is 152 g/mol. The first-order valence-electron chi connectivity index (χ1n) is 3.11. The van der Waals surface area contributed by atoms with Crippen molar-refractivity contribution in [3.63, 3.8) is 0 Å². The van der Waals surface area contributed by atoms with Crippen LogP contribution in [0.25, 0.3) is 6.08 Å². The van der Waals surface area contributed by atoms with Crippen molar-refractivity contribution in [3.05, 3.63) is 23.5 Å². The van der Waals surface area contributed by atoms with Crippen molar-refractivity contribution < 1.29 is 9.90 Å². The summed E-state index contributed by atoms with van der Waals surface area (Å²) in [6.07, 6.45) is 2.49. The number of hydrogen-bond donors (Lipinski definition) is 2. The van der Waals surface area contributed by atoms with Crippen LogP contribution in [-0.2, 0) is 4.79 Å². The van der Waals surface area contributed by atoms with E-state index in [1.807, 2.05) is 6.92 Å². The molecular formula is C7H8N2O2. The van der Waals surface area contributed by atoms with Gasteiger partial charge in [-0.2, -0.15) is 5.10 Å². The Balaban J connectivity index is 2.71. The zero-order chi connectivity index (χ0) is 8.27. The van der Waals surface area contributed by atoms with E-state index in [4.69, 9.17) is 5.11 Å². The number of carbonyl (C=O) groups is 1. The molecule has 0 bridgehead atoms. The molecule has 0 aliphatic heterocycles. The highest BCUT2D eigenvalue weighted by molar-refractivity contribution is 5.84. The van der Waals surface area contributed by atoms with E-state index in [1.54, 1.807) is 6.07 Å². The highest BCUT2D eigenvalue weighted by Gasteiger charge is 1.92. The number of nitrogens with one attached hydrogen (secondary N) is 1. The molecule has 2 N–H and O–H groups in total. The molecule has 1 heterocycles. The SMILES string of the molecule is Cc1cc(C=CC(=O)O)n[nH]1. The molecule has 0 saturated heterocycles. The van der Waals surface area contributed by atoms with Gasteiger partial charge in [0, 0.05) is 11.8 Å². The molecule has 0 radical (unpaired) electrons. The topological polar surface area (TPSA) is 66.0 Å². The summed E-state index contributed by atoms with van der Waals surface area (Å²) in [6, 6.07) is 1.76. The van der Waals surface area contributed by atoms with Gasteiger partial charge in [-0.1, -0.05) is 0 Å². The van der Waals surface area contributed by atoms with Crippen molar-refractivity contribution in [2.75, 3.05) is 0 Å². The second-order valence-corrected chi connectivity index (χ2v) is 2.15. The average Bonchev–Trinajstić information content (AvgIpc) is 2.31. The Morgan fingerprint density at radius 1 is 1.82 bits per heavy atom. The molecule has 1 aromatic rings. The van der Waals surface area contributed by atoms with Gasteiger partial charge in [0.25, 0.3) is 0 Å². The Morgan fingerprint density at radius 3 is 3.00 bits per heavy atom. The van der Waals surface area contributed by atoms with Gasteiger partial charge in [0.1, 0.15) is 0 Å². The van der Waals surface area contributed by atoms with Crippen LogP contribution in [0.1, 0.15) is 11.4 Å². The number of rotatable bonds is 2. The molecule has 4 nitrogen and oxygen atoms in total. The number of nitrogens with zero attached hydrogens (tertiary/aromatic N) is 1. The minimum absolute atomic E-state index is 0.630. The lowest BCUT2D eigenvalue weighted by atomic mass is 10.3. The molecule has 4 heteroatoms. The van der Waals surface area contributed by atoms with Crippen LogP contribution in [0.3, 0.4) is 0 Å². The van der Waals surface area contributed by atoms with Crippen molar-refractivity contribution in [2.24, 2.45) is 0 Å². The zero-order valence-electron chi connectivity index (χ0n) is 6.03. The molecule has 11 heavy (non-hydrogen) atoms. The molecule has 0 fully saturated rings. The molecule has 0 amide bonds. The van der Waals surface area contributed by atoms with Crippen molar-refractivity contribution in [3.8, 4) is 0 Å². The maximum Gasteiger partial charge on any atom is 0.328 e. The Kier molecular flexibility index (Phi) is 2.06. The lowest BCUT2D eigenvalue weighted by Gasteiger charge is -1.77. The number of aryl methyl sites for hydroxylation is 1. The summed E-state index contributed by atoms with van der Waals surface area (Å²) >= 11 is 0. The van der Waals surface area contributed by atoms with Gasteiger partial charge in [0.15, 0.2) is 0 Å². The largest absolute Gasteiger partial charge is 0.478 e. The van der Waals surface area contributed by atoms with Crippen LogP contribution < -0.4 is 0 Å².